The summed E-state index contributed by atoms with van der Waals surface area (Å²) in [4.78, 5) is 29.5. The summed E-state index contributed by atoms with van der Waals surface area (Å²) in [5.41, 5.74) is -0.171. The van der Waals surface area contributed by atoms with E-state index in [1.165, 1.54) is 5.41 Å². The standard InChI is InChI=1S/C12H15N3O4S/c1-4-6(7(5-20)13-2)10-14-8(12(18)19-3)9(16)11(17)15-10/h4-5,13,16,20H,1-3H3,(H,14,15,17)/b6-4+,7-5+. The van der Waals surface area contributed by atoms with E-state index < -0.39 is 23.0 Å². The molecule has 0 saturated carbocycles. The summed E-state index contributed by atoms with van der Waals surface area (Å²) < 4.78 is 4.47. The first-order valence-corrected chi connectivity index (χ1v) is 6.12. The van der Waals surface area contributed by atoms with Crippen LogP contribution < -0.4 is 10.9 Å². The molecule has 1 heterocycles. The fraction of sp³-hybridized carbons (Fsp3) is 0.250. The summed E-state index contributed by atoms with van der Waals surface area (Å²) in [6.45, 7) is 1.73. The lowest BCUT2D eigenvalue weighted by Gasteiger charge is -2.11. The number of esters is 1. The van der Waals surface area contributed by atoms with Gasteiger partial charge in [-0.1, -0.05) is 6.08 Å². The van der Waals surface area contributed by atoms with Crippen molar-refractivity contribution in [2.75, 3.05) is 14.2 Å². The molecule has 0 amide bonds. The van der Waals surface area contributed by atoms with Crippen LogP contribution in [0.4, 0.5) is 0 Å². The number of carbonyl (C=O) groups is 1. The average Bonchev–Trinajstić information content (AvgIpc) is 2.46. The van der Waals surface area contributed by atoms with Crippen molar-refractivity contribution < 1.29 is 14.6 Å². The van der Waals surface area contributed by atoms with Gasteiger partial charge >= 0.3 is 5.97 Å². The summed E-state index contributed by atoms with van der Waals surface area (Å²) in [5.74, 6) is -1.56. The Hall–Kier alpha value is -2.22. The third kappa shape index (κ3) is 3.02. The number of carbonyl (C=O) groups excluding carboxylic acids is 1. The van der Waals surface area contributed by atoms with Crippen molar-refractivity contribution in [3.05, 3.63) is 39.1 Å². The molecule has 0 saturated heterocycles. The molecule has 1 aromatic heterocycles. The Balaban J connectivity index is 3.51. The number of aromatic nitrogens is 2. The van der Waals surface area contributed by atoms with E-state index in [0.29, 0.717) is 11.3 Å². The van der Waals surface area contributed by atoms with Crippen molar-refractivity contribution in [1.82, 2.24) is 15.3 Å². The Kier molecular flexibility index (Phi) is 5.39. The van der Waals surface area contributed by atoms with Gasteiger partial charge in [0.15, 0.2) is 5.69 Å². The van der Waals surface area contributed by atoms with Crippen molar-refractivity contribution in [2.24, 2.45) is 0 Å². The maximum absolute atomic E-state index is 11.7. The number of methoxy groups -OCH3 is 1. The molecule has 0 aliphatic rings. The van der Waals surface area contributed by atoms with E-state index in [1.54, 1.807) is 20.0 Å². The van der Waals surface area contributed by atoms with Gasteiger partial charge in [0.1, 0.15) is 5.82 Å². The highest BCUT2D eigenvalue weighted by atomic mass is 32.1. The molecule has 0 aliphatic carbocycles. The van der Waals surface area contributed by atoms with Crippen LogP contribution in [-0.2, 0) is 4.74 Å². The molecule has 20 heavy (non-hydrogen) atoms. The molecule has 0 unspecified atom stereocenters. The Morgan fingerprint density at radius 3 is 2.65 bits per heavy atom. The van der Waals surface area contributed by atoms with Crippen molar-refractivity contribution in [2.45, 2.75) is 6.92 Å². The van der Waals surface area contributed by atoms with Crippen molar-refractivity contribution >= 4 is 24.2 Å². The maximum Gasteiger partial charge on any atom is 0.360 e. The number of aromatic amines is 1. The van der Waals surface area contributed by atoms with E-state index in [0.717, 1.165) is 7.11 Å². The number of nitrogens with one attached hydrogen (secondary N) is 2. The number of hydrogen-bond acceptors (Lipinski definition) is 7. The van der Waals surface area contributed by atoms with Crippen LogP contribution in [0.15, 0.2) is 22.0 Å². The molecule has 0 fully saturated rings. The number of thiol groups is 1. The zero-order valence-corrected chi connectivity index (χ0v) is 12.1. The second kappa shape index (κ2) is 6.80. The molecule has 3 N–H and O–H groups in total. The van der Waals surface area contributed by atoms with Gasteiger partial charge in [0.25, 0.3) is 5.56 Å². The van der Waals surface area contributed by atoms with E-state index in [2.05, 4.69) is 32.7 Å². The van der Waals surface area contributed by atoms with Gasteiger partial charge in [-0.25, -0.2) is 9.78 Å². The molecule has 0 radical (unpaired) electrons. The van der Waals surface area contributed by atoms with Crippen molar-refractivity contribution in [1.29, 1.82) is 0 Å². The number of aromatic hydroxyl groups is 1. The minimum absolute atomic E-state index is 0.116. The average molecular weight is 297 g/mol. The number of nitrogens with zero attached hydrogens (tertiary/aromatic N) is 1. The molecule has 108 valence electrons. The predicted octanol–water partition coefficient (Wildman–Crippen LogP) is 0.656. The summed E-state index contributed by atoms with van der Waals surface area (Å²) in [6, 6.07) is 0. The van der Waals surface area contributed by atoms with E-state index in [-0.39, 0.29) is 5.82 Å². The Morgan fingerprint density at radius 2 is 2.20 bits per heavy atom. The van der Waals surface area contributed by atoms with Gasteiger partial charge in [-0.05, 0) is 12.3 Å². The molecule has 0 bridgehead atoms. The molecule has 8 heteroatoms. The Labute approximate surface area is 120 Å². The van der Waals surface area contributed by atoms with Gasteiger partial charge < -0.3 is 20.1 Å². The summed E-state index contributed by atoms with van der Waals surface area (Å²) in [7, 11) is 2.80. The second-order valence-corrected chi connectivity index (χ2v) is 3.86. The molecule has 0 atom stereocenters. The lowest BCUT2D eigenvalue weighted by molar-refractivity contribution is 0.0589. The van der Waals surface area contributed by atoms with Crippen LogP contribution in [0.25, 0.3) is 5.57 Å². The van der Waals surface area contributed by atoms with Crippen LogP contribution in [0, 0.1) is 0 Å². The van der Waals surface area contributed by atoms with Crippen LogP contribution in [-0.4, -0.2) is 35.2 Å². The van der Waals surface area contributed by atoms with Crippen molar-refractivity contribution in [3.63, 3.8) is 0 Å². The minimum Gasteiger partial charge on any atom is -0.501 e. The third-order valence-electron chi connectivity index (χ3n) is 2.51. The second-order valence-electron chi connectivity index (χ2n) is 3.60. The molecular weight excluding hydrogens is 282 g/mol. The number of hydrogen-bond donors (Lipinski definition) is 4. The molecule has 1 aromatic rings. The van der Waals surface area contributed by atoms with Crippen LogP contribution in [0.2, 0.25) is 0 Å². The van der Waals surface area contributed by atoms with E-state index in [1.807, 2.05) is 0 Å². The van der Waals surface area contributed by atoms with E-state index >= 15 is 0 Å². The van der Waals surface area contributed by atoms with Crippen LogP contribution in [0.5, 0.6) is 5.75 Å². The first-order chi connectivity index (χ1) is 9.49. The largest absolute Gasteiger partial charge is 0.501 e. The van der Waals surface area contributed by atoms with Gasteiger partial charge in [0, 0.05) is 12.6 Å². The number of likely N-dealkylation sites (N-methyl/N-ethyl adjacent to an activating group) is 1. The van der Waals surface area contributed by atoms with Gasteiger partial charge in [-0.2, -0.15) is 0 Å². The molecule has 0 spiro atoms. The number of H-pyrrole nitrogens is 1. The first-order valence-electron chi connectivity index (χ1n) is 5.60. The smallest absolute Gasteiger partial charge is 0.360 e. The molecular formula is C12H15N3O4S. The highest BCUT2D eigenvalue weighted by molar-refractivity contribution is 7.83. The normalized spacial score (nSPS) is 12.2. The monoisotopic (exact) mass is 297 g/mol. The fourth-order valence-electron chi connectivity index (χ4n) is 1.52. The lowest BCUT2D eigenvalue weighted by atomic mass is 10.1. The van der Waals surface area contributed by atoms with Crippen LogP contribution in [0.3, 0.4) is 0 Å². The SMILES string of the molecule is C/C=C(\C(=C/S)NC)c1nc(C(=O)OC)c(O)c(=O)[nH]1. The third-order valence-corrected chi connectivity index (χ3v) is 2.76. The van der Waals surface area contributed by atoms with Gasteiger partial charge in [0.05, 0.1) is 12.8 Å². The molecule has 0 aromatic carbocycles. The Morgan fingerprint density at radius 1 is 1.55 bits per heavy atom. The van der Waals surface area contributed by atoms with E-state index in [9.17, 15) is 14.7 Å². The zero-order valence-electron chi connectivity index (χ0n) is 11.2. The summed E-state index contributed by atoms with van der Waals surface area (Å²) in [6.07, 6.45) is 1.68. The van der Waals surface area contributed by atoms with E-state index in [4.69, 9.17) is 0 Å². The molecule has 0 aliphatic heterocycles. The zero-order chi connectivity index (χ0) is 15.3. The first kappa shape index (κ1) is 15.8. The fourth-order valence-corrected chi connectivity index (χ4v) is 1.79. The van der Waals surface area contributed by atoms with Crippen LogP contribution in [0.1, 0.15) is 23.2 Å². The molecule has 7 nitrogen and oxygen atoms in total. The van der Waals surface area contributed by atoms with Gasteiger partial charge in [-0.3, -0.25) is 4.79 Å². The lowest BCUT2D eigenvalue weighted by Crippen LogP contribution is -2.19. The van der Waals surface area contributed by atoms with Gasteiger partial charge in [-0.15, -0.1) is 12.6 Å². The number of rotatable bonds is 4. The molecule has 1 rings (SSSR count). The minimum atomic E-state index is -0.897. The highest BCUT2D eigenvalue weighted by Gasteiger charge is 2.20. The number of ether oxygens (including phenoxy) is 1. The highest BCUT2D eigenvalue weighted by Crippen LogP contribution is 2.19. The topological polar surface area (TPSA) is 104 Å². The number of allylic oxidation sites excluding steroid dienone is 2. The summed E-state index contributed by atoms with van der Waals surface area (Å²) >= 11 is 4.04. The van der Waals surface area contributed by atoms with Gasteiger partial charge in [0.2, 0.25) is 5.75 Å². The maximum atomic E-state index is 11.7. The summed E-state index contributed by atoms with van der Waals surface area (Å²) in [5, 5.41) is 13.9. The predicted molar refractivity (Wildman–Crippen MR) is 77.6 cm³/mol. The Bertz CT molecular complexity index is 634. The van der Waals surface area contributed by atoms with Crippen molar-refractivity contribution in [3.8, 4) is 5.75 Å². The quantitative estimate of drug-likeness (QED) is 0.370. The van der Waals surface area contributed by atoms with Crippen LogP contribution >= 0.6 is 12.6 Å².